The second kappa shape index (κ2) is 10.4. The van der Waals surface area contributed by atoms with Crippen molar-refractivity contribution in [2.75, 3.05) is 26.2 Å². The van der Waals surface area contributed by atoms with Crippen LogP contribution in [0.5, 0.6) is 0 Å². The van der Waals surface area contributed by atoms with Crippen LogP contribution in [0.3, 0.4) is 0 Å². The minimum absolute atomic E-state index is 0.0593. The Morgan fingerprint density at radius 2 is 1.70 bits per heavy atom. The first-order valence-electron chi connectivity index (χ1n) is 9.14. The molecular weight excluding hydrogens is 345 g/mol. The van der Waals surface area contributed by atoms with Crippen molar-refractivity contribution >= 4 is 11.8 Å². The van der Waals surface area contributed by atoms with Crippen molar-refractivity contribution in [2.45, 2.75) is 19.9 Å². The quantitative estimate of drug-likeness (QED) is 0.713. The number of hydrogen-bond acceptors (Lipinski definition) is 3. The van der Waals surface area contributed by atoms with Crippen LogP contribution < -0.4 is 10.6 Å². The average Bonchev–Trinajstić information content (AvgIpc) is 2.70. The van der Waals surface area contributed by atoms with Crippen molar-refractivity contribution in [1.82, 2.24) is 15.5 Å². The molecule has 0 aliphatic rings. The number of likely N-dealkylation sites (N-methyl/N-ethyl adjacent to an activating group) is 1. The minimum atomic E-state index is -0.489. The highest BCUT2D eigenvalue weighted by Crippen LogP contribution is 2.19. The van der Waals surface area contributed by atoms with E-state index in [1.165, 1.54) is 18.2 Å². The zero-order chi connectivity index (χ0) is 19.6. The zero-order valence-corrected chi connectivity index (χ0v) is 15.7. The number of hydrogen-bond donors (Lipinski definition) is 2. The molecule has 2 aromatic rings. The Morgan fingerprint density at radius 3 is 2.33 bits per heavy atom. The fraction of sp³-hybridized carbons (Fsp3) is 0.333. The molecule has 27 heavy (non-hydrogen) atoms. The van der Waals surface area contributed by atoms with Gasteiger partial charge < -0.3 is 10.6 Å². The van der Waals surface area contributed by atoms with Gasteiger partial charge in [0.2, 0.25) is 5.91 Å². The predicted molar refractivity (Wildman–Crippen MR) is 104 cm³/mol. The van der Waals surface area contributed by atoms with E-state index in [4.69, 9.17) is 0 Å². The third kappa shape index (κ3) is 6.18. The van der Waals surface area contributed by atoms with E-state index < -0.39 is 11.7 Å². The number of carbonyl (C=O) groups is 2. The van der Waals surface area contributed by atoms with Crippen LogP contribution in [-0.4, -0.2) is 42.9 Å². The van der Waals surface area contributed by atoms with Crippen LogP contribution in [0, 0.1) is 5.82 Å². The number of carbonyl (C=O) groups excluding carboxylic acids is 2. The first kappa shape index (κ1) is 20.6. The van der Waals surface area contributed by atoms with E-state index >= 15 is 0 Å². The number of halogens is 1. The van der Waals surface area contributed by atoms with Crippen LogP contribution in [0.4, 0.5) is 4.39 Å². The molecule has 0 fully saturated rings. The van der Waals surface area contributed by atoms with Gasteiger partial charge in [0.1, 0.15) is 5.82 Å². The molecular formula is C21H26FN3O2. The Hall–Kier alpha value is -2.73. The summed E-state index contributed by atoms with van der Waals surface area (Å²) in [4.78, 5) is 26.4. The molecule has 0 radical (unpaired) electrons. The van der Waals surface area contributed by atoms with E-state index in [1.54, 1.807) is 0 Å². The molecule has 0 saturated carbocycles. The molecule has 0 aliphatic heterocycles. The SMILES string of the molecule is CCN(CC)C(CNC(=O)CNC(=O)c1cccc(F)c1)c1ccccc1. The molecule has 1 atom stereocenters. The molecule has 2 rings (SSSR count). The molecule has 0 spiro atoms. The lowest BCUT2D eigenvalue weighted by molar-refractivity contribution is -0.120. The summed E-state index contributed by atoms with van der Waals surface area (Å²) in [7, 11) is 0. The van der Waals surface area contributed by atoms with Crippen molar-refractivity contribution in [1.29, 1.82) is 0 Å². The summed E-state index contributed by atoms with van der Waals surface area (Å²) in [6.45, 7) is 6.18. The molecule has 0 heterocycles. The Balaban J connectivity index is 1.90. The summed E-state index contributed by atoms with van der Waals surface area (Å²) in [5, 5.41) is 5.39. The van der Waals surface area contributed by atoms with Gasteiger partial charge in [0.15, 0.2) is 0 Å². The van der Waals surface area contributed by atoms with Crippen LogP contribution in [0.25, 0.3) is 0 Å². The van der Waals surface area contributed by atoms with Gasteiger partial charge in [0.05, 0.1) is 12.6 Å². The van der Waals surface area contributed by atoms with Gasteiger partial charge in [-0.1, -0.05) is 50.2 Å². The lowest BCUT2D eigenvalue weighted by Gasteiger charge is -2.30. The first-order valence-corrected chi connectivity index (χ1v) is 9.14. The molecule has 2 amide bonds. The molecule has 0 bridgehead atoms. The van der Waals surface area contributed by atoms with E-state index in [2.05, 4.69) is 29.4 Å². The standard InChI is InChI=1S/C21H26FN3O2/c1-3-25(4-2)19(16-9-6-5-7-10-16)14-23-20(26)15-24-21(27)17-11-8-12-18(22)13-17/h5-13,19H,3-4,14-15H2,1-2H3,(H,23,26)(H,24,27). The lowest BCUT2D eigenvalue weighted by Crippen LogP contribution is -2.42. The second-order valence-electron chi connectivity index (χ2n) is 6.14. The molecule has 2 aromatic carbocycles. The normalized spacial score (nSPS) is 11.9. The van der Waals surface area contributed by atoms with E-state index in [1.807, 2.05) is 30.3 Å². The van der Waals surface area contributed by atoms with Crippen molar-refractivity contribution in [3.63, 3.8) is 0 Å². The van der Waals surface area contributed by atoms with Crippen LogP contribution in [0.2, 0.25) is 0 Å². The topological polar surface area (TPSA) is 61.4 Å². The highest BCUT2D eigenvalue weighted by atomic mass is 19.1. The Morgan fingerprint density at radius 1 is 1.00 bits per heavy atom. The van der Waals surface area contributed by atoms with Gasteiger partial charge in [-0.15, -0.1) is 0 Å². The summed E-state index contributed by atoms with van der Waals surface area (Å²) < 4.78 is 13.2. The van der Waals surface area contributed by atoms with Crippen molar-refractivity contribution in [3.05, 3.63) is 71.5 Å². The number of nitrogens with one attached hydrogen (secondary N) is 2. The second-order valence-corrected chi connectivity index (χ2v) is 6.14. The predicted octanol–water partition coefficient (Wildman–Crippen LogP) is 2.75. The summed E-state index contributed by atoms with van der Waals surface area (Å²) in [6.07, 6.45) is 0. The monoisotopic (exact) mass is 371 g/mol. The number of nitrogens with zero attached hydrogens (tertiary/aromatic N) is 1. The largest absolute Gasteiger partial charge is 0.353 e. The fourth-order valence-corrected chi connectivity index (χ4v) is 2.96. The Labute approximate surface area is 159 Å². The third-order valence-electron chi connectivity index (χ3n) is 4.43. The van der Waals surface area contributed by atoms with Gasteiger partial charge in [-0.05, 0) is 36.9 Å². The average molecular weight is 371 g/mol. The summed E-state index contributed by atoms with van der Waals surface area (Å²) in [5.41, 5.74) is 1.32. The fourth-order valence-electron chi connectivity index (χ4n) is 2.96. The molecule has 0 aromatic heterocycles. The van der Waals surface area contributed by atoms with E-state index in [-0.39, 0.29) is 24.1 Å². The maximum absolute atomic E-state index is 13.2. The van der Waals surface area contributed by atoms with Gasteiger partial charge >= 0.3 is 0 Å². The Bertz CT molecular complexity index is 748. The summed E-state index contributed by atoms with van der Waals surface area (Å²) in [5.74, 6) is -1.25. The van der Waals surface area contributed by atoms with Crippen molar-refractivity contribution in [3.8, 4) is 0 Å². The zero-order valence-electron chi connectivity index (χ0n) is 15.7. The van der Waals surface area contributed by atoms with Gasteiger partial charge in [-0.2, -0.15) is 0 Å². The van der Waals surface area contributed by atoms with E-state index in [0.29, 0.717) is 6.54 Å². The van der Waals surface area contributed by atoms with Crippen LogP contribution in [0.15, 0.2) is 54.6 Å². The van der Waals surface area contributed by atoms with Crippen LogP contribution >= 0.6 is 0 Å². The lowest BCUT2D eigenvalue weighted by atomic mass is 10.1. The van der Waals surface area contributed by atoms with Gasteiger partial charge in [-0.25, -0.2) is 4.39 Å². The summed E-state index contributed by atoms with van der Waals surface area (Å²) in [6, 6.07) is 15.4. The summed E-state index contributed by atoms with van der Waals surface area (Å²) >= 11 is 0. The Kier molecular flexibility index (Phi) is 7.95. The number of benzene rings is 2. The highest BCUT2D eigenvalue weighted by molar-refractivity contribution is 5.96. The molecule has 0 aliphatic carbocycles. The van der Waals surface area contributed by atoms with Crippen LogP contribution in [-0.2, 0) is 4.79 Å². The first-order chi connectivity index (χ1) is 13.0. The van der Waals surface area contributed by atoms with Gasteiger partial charge in [-0.3, -0.25) is 14.5 Å². The third-order valence-corrected chi connectivity index (χ3v) is 4.43. The molecule has 1 unspecified atom stereocenters. The van der Waals surface area contributed by atoms with E-state index in [9.17, 15) is 14.0 Å². The maximum Gasteiger partial charge on any atom is 0.251 e. The molecule has 5 nitrogen and oxygen atoms in total. The molecule has 6 heteroatoms. The maximum atomic E-state index is 13.2. The van der Waals surface area contributed by atoms with Crippen molar-refractivity contribution < 1.29 is 14.0 Å². The van der Waals surface area contributed by atoms with Gasteiger partial charge in [0, 0.05) is 12.1 Å². The van der Waals surface area contributed by atoms with Crippen molar-refractivity contribution in [2.24, 2.45) is 0 Å². The smallest absolute Gasteiger partial charge is 0.251 e. The number of amides is 2. The van der Waals surface area contributed by atoms with Crippen LogP contribution in [0.1, 0.15) is 35.8 Å². The minimum Gasteiger partial charge on any atom is -0.353 e. The number of rotatable bonds is 9. The molecule has 0 saturated heterocycles. The highest BCUT2D eigenvalue weighted by Gasteiger charge is 2.18. The van der Waals surface area contributed by atoms with Gasteiger partial charge in [0.25, 0.3) is 5.91 Å². The molecule has 144 valence electrons. The van der Waals surface area contributed by atoms with E-state index in [0.717, 1.165) is 24.7 Å². The molecule has 2 N–H and O–H groups in total.